The highest BCUT2D eigenvalue weighted by Gasteiger charge is 2.15. The second-order valence-corrected chi connectivity index (χ2v) is 5.91. The molecule has 1 rings (SSSR count). The summed E-state index contributed by atoms with van der Waals surface area (Å²) >= 11 is 0. The van der Waals surface area contributed by atoms with Gasteiger partial charge in [0.25, 0.3) is 0 Å². The van der Waals surface area contributed by atoms with E-state index in [1.54, 1.807) is 18.2 Å². The Morgan fingerprint density at radius 1 is 1.27 bits per heavy atom. The average molecular weight is 308 g/mol. The number of rotatable bonds is 6. The molecular weight excluding hydrogens is 284 g/mol. The van der Waals surface area contributed by atoms with Gasteiger partial charge >= 0.3 is 11.9 Å². The minimum absolute atomic E-state index is 0.219. The molecule has 0 amide bonds. The van der Waals surface area contributed by atoms with Crippen LogP contribution in [0.4, 0.5) is 11.4 Å². The van der Waals surface area contributed by atoms with Crippen LogP contribution in [0.15, 0.2) is 18.2 Å². The topological polar surface area (TPSA) is 90.6 Å². The van der Waals surface area contributed by atoms with Crippen LogP contribution in [0.3, 0.4) is 0 Å². The summed E-state index contributed by atoms with van der Waals surface area (Å²) in [4.78, 5) is 22.9. The lowest BCUT2D eigenvalue weighted by atomic mass is 10.1. The van der Waals surface area contributed by atoms with Gasteiger partial charge in [-0.1, -0.05) is 0 Å². The molecule has 0 atom stereocenters. The summed E-state index contributed by atoms with van der Waals surface area (Å²) in [7, 11) is 1.32. The number of hydrogen-bond donors (Lipinski definition) is 2. The summed E-state index contributed by atoms with van der Waals surface area (Å²) in [5.74, 6) is -0.647. The van der Waals surface area contributed by atoms with Crippen LogP contribution < -0.4 is 11.1 Å². The maximum atomic E-state index is 11.6. The number of nitrogen functional groups attached to an aromatic ring is 1. The Kier molecular flexibility index (Phi) is 6.22. The summed E-state index contributed by atoms with van der Waals surface area (Å²) in [5.41, 5.74) is 7.00. The standard InChI is InChI=1S/C16H24N2O4/c1-16(2,3)22-14(19)6-5-9-18-13-8-7-11(10-12(13)17)15(20)21-4/h7-8,10,18H,5-6,9,17H2,1-4H3. The van der Waals surface area contributed by atoms with Crippen molar-refractivity contribution >= 4 is 23.3 Å². The first-order valence-electron chi connectivity index (χ1n) is 7.16. The highest BCUT2D eigenvalue weighted by atomic mass is 16.6. The van der Waals surface area contributed by atoms with Crippen LogP contribution in [-0.4, -0.2) is 31.2 Å². The lowest BCUT2D eigenvalue weighted by Gasteiger charge is -2.19. The van der Waals surface area contributed by atoms with Gasteiger partial charge in [-0.05, 0) is 45.4 Å². The van der Waals surface area contributed by atoms with Crippen molar-refractivity contribution in [1.82, 2.24) is 0 Å². The van der Waals surface area contributed by atoms with Gasteiger partial charge in [0.1, 0.15) is 5.60 Å². The van der Waals surface area contributed by atoms with Crippen molar-refractivity contribution in [1.29, 1.82) is 0 Å². The molecule has 0 aliphatic rings. The van der Waals surface area contributed by atoms with E-state index in [-0.39, 0.29) is 5.97 Å². The number of methoxy groups -OCH3 is 1. The molecule has 0 aromatic heterocycles. The van der Waals surface area contributed by atoms with Crippen LogP contribution in [0.25, 0.3) is 0 Å². The molecule has 22 heavy (non-hydrogen) atoms. The van der Waals surface area contributed by atoms with Crippen LogP contribution in [0.2, 0.25) is 0 Å². The molecule has 0 aliphatic carbocycles. The summed E-state index contributed by atoms with van der Waals surface area (Å²) in [6.45, 7) is 6.10. The first kappa shape index (κ1) is 17.8. The van der Waals surface area contributed by atoms with Gasteiger partial charge in [0.15, 0.2) is 0 Å². The first-order valence-corrected chi connectivity index (χ1v) is 7.16. The zero-order chi connectivity index (χ0) is 16.8. The minimum atomic E-state index is -0.460. The molecule has 0 aliphatic heterocycles. The molecule has 0 heterocycles. The van der Waals surface area contributed by atoms with E-state index >= 15 is 0 Å². The second kappa shape index (κ2) is 7.68. The van der Waals surface area contributed by atoms with Crippen LogP contribution >= 0.6 is 0 Å². The number of benzene rings is 1. The maximum Gasteiger partial charge on any atom is 0.337 e. The fraction of sp³-hybridized carbons (Fsp3) is 0.500. The molecule has 0 saturated carbocycles. The molecule has 1 aromatic carbocycles. The van der Waals surface area contributed by atoms with Gasteiger partial charge in [0.05, 0.1) is 24.0 Å². The lowest BCUT2D eigenvalue weighted by molar-refractivity contribution is -0.154. The predicted octanol–water partition coefficient (Wildman–Crippen LogP) is 2.59. The minimum Gasteiger partial charge on any atom is -0.465 e. The Hall–Kier alpha value is -2.24. The van der Waals surface area contributed by atoms with Gasteiger partial charge in [-0.25, -0.2) is 4.79 Å². The van der Waals surface area contributed by atoms with Crippen LogP contribution in [0.5, 0.6) is 0 Å². The van der Waals surface area contributed by atoms with Crippen molar-refractivity contribution in [2.24, 2.45) is 0 Å². The molecule has 6 nitrogen and oxygen atoms in total. The van der Waals surface area contributed by atoms with E-state index in [9.17, 15) is 9.59 Å². The van der Waals surface area contributed by atoms with Gasteiger partial charge in [-0.2, -0.15) is 0 Å². The molecule has 0 bridgehead atoms. The maximum absolute atomic E-state index is 11.6. The molecule has 0 saturated heterocycles. The normalized spacial score (nSPS) is 10.9. The zero-order valence-electron chi connectivity index (χ0n) is 13.6. The van der Waals surface area contributed by atoms with Gasteiger partial charge in [-0.3, -0.25) is 4.79 Å². The van der Waals surface area contributed by atoms with E-state index in [1.165, 1.54) is 7.11 Å². The average Bonchev–Trinajstić information content (AvgIpc) is 2.42. The molecular formula is C16H24N2O4. The summed E-state index contributed by atoms with van der Waals surface area (Å²) in [6, 6.07) is 4.91. The number of esters is 2. The fourth-order valence-electron chi connectivity index (χ4n) is 1.82. The highest BCUT2D eigenvalue weighted by molar-refractivity contribution is 5.91. The van der Waals surface area contributed by atoms with Gasteiger partial charge in [0, 0.05) is 13.0 Å². The third-order valence-corrected chi connectivity index (χ3v) is 2.77. The van der Waals surface area contributed by atoms with Crippen molar-refractivity contribution < 1.29 is 19.1 Å². The molecule has 0 fully saturated rings. The van der Waals surface area contributed by atoms with E-state index in [2.05, 4.69) is 10.1 Å². The molecule has 0 radical (unpaired) electrons. The van der Waals surface area contributed by atoms with E-state index < -0.39 is 11.6 Å². The van der Waals surface area contributed by atoms with E-state index in [4.69, 9.17) is 10.5 Å². The van der Waals surface area contributed by atoms with Crippen molar-refractivity contribution in [3.05, 3.63) is 23.8 Å². The Morgan fingerprint density at radius 3 is 2.50 bits per heavy atom. The number of carbonyl (C=O) groups is 2. The lowest BCUT2D eigenvalue weighted by Crippen LogP contribution is -2.24. The number of nitrogens with two attached hydrogens (primary N) is 1. The second-order valence-electron chi connectivity index (χ2n) is 5.91. The van der Waals surface area contributed by atoms with Gasteiger partial charge in [0.2, 0.25) is 0 Å². The molecule has 0 unspecified atom stereocenters. The molecule has 3 N–H and O–H groups in total. The Balaban J connectivity index is 2.43. The van der Waals surface area contributed by atoms with Crippen molar-refractivity contribution in [3.63, 3.8) is 0 Å². The van der Waals surface area contributed by atoms with Crippen molar-refractivity contribution in [2.45, 2.75) is 39.2 Å². The molecule has 122 valence electrons. The first-order chi connectivity index (χ1) is 10.2. The number of ether oxygens (including phenoxy) is 2. The predicted molar refractivity (Wildman–Crippen MR) is 85.8 cm³/mol. The number of hydrogen-bond acceptors (Lipinski definition) is 6. The van der Waals surface area contributed by atoms with Crippen molar-refractivity contribution in [3.8, 4) is 0 Å². The smallest absolute Gasteiger partial charge is 0.337 e. The van der Waals surface area contributed by atoms with E-state index in [1.807, 2.05) is 20.8 Å². The monoisotopic (exact) mass is 308 g/mol. The third kappa shape index (κ3) is 6.03. The highest BCUT2D eigenvalue weighted by Crippen LogP contribution is 2.20. The number of anilines is 2. The largest absolute Gasteiger partial charge is 0.465 e. The number of carbonyl (C=O) groups excluding carboxylic acids is 2. The van der Waals surface area contributed by atoms with E-state index in [0.717, 1.165) is 5.69 Å². The summed E-state index contributed by atoms with van der Waals surface area (Å²) in [5, 5.41) is 3.13. The Morgan fingerprint density at radius 2 is 1.95 bits per heavy atom. The quantitative estimate of drug-likeness (QED) is 0.477. The Labute approximate surface area is 131 Å². The summed E-state index contributed by atoms with van der Waals surface area (Å²) in [6.07, 6.45) is 0.970. The molecule has 6 heteroatoms. The van der Waals surface area contributed by atoms with Crippen LogP contribution in [-0.2, 0) is 14.3 Å². The zero-order valence-corrected chi connectivity index (χ0v) is 13.6. The van der Waals surface area contributed by atoms with Crippen molar-refractivity contribution in [2.75, 3.05) is 24.7 Å². The molecule has 1 aromatic rings. The van der Waals surface area contributed by atoms with Gasteiger partial charge < -0.3 is 20.5 Å². The fourth-order valence-corrected chi connectivity index (χ4v) is 1.82. The van der Waals surface area contributed by atoms with Crippen LogP contribution in [0.1, 0.15) is 44.0 Å². The van der Waals surface area contributed by atoms with Gasteiger partial charge in [-0.15, -0.1) is 0 Å². The summed E-state index contributed by atoms with van der Waals surface area (Å²) < 4.78 is 9.85. The van der Waals surface area contributed by atoms with E-state index in [0.29, 0.717) is 30.6 Å². The third-order valence-electron chi connectivity index (χ3n) is 2.77. The molecule has 0 spiro atoms. The number of nitrogens with one attached hydrogen (secondary N) is 1. The van der Waals surface area contributed by atoms with Crippen LogP contribution in [0, 0.1) is 0 Å². The SMILES string of the molecule is COC(=O)c1ccc(NCCCC(=O)OC(C)(C)C)c(N)c1. The Bertz CT molecular complexity index is 535.